The van der Waals surface area contributed by atoms with E-state index in [1.807, 2.05) is 12.3 Å². The molecule has 0 aliphatic heterocycles. The van der Waals surface area contributed by atoms with Crippen LogP contribution in [0.4, 0.5) is 0 Å². The number of likely N-dealkylation sites (N-methyl/N-ethyl adjacent to an activating group) is 2. The lowest BCUT2D eigenvalue weighted by Crippen LogP contribution is -2.40. The van der Waals surface area contributed by atoms with Crippen molar-refractivity contribution < 1.29 is 0 Å². The third-order valence-corrected chi connectivity index (χ3v) is 3.42. The molecule has 2 unspecified atom stereocenters. The molecule has 0 aromatic carbocycles. The molecule has 1 aliphatic rings. The van der Waals surface area contributed by atoms with Gasteiger partial charge >= 0.3 is 0 Å². The zero-order valence-corrected chi connectivity index (χ0v) is 10.4. The van der Waals surface area contributed by atoms with Crippen LogP contribution in [-0.2, 0) is 6.42 Å². The van der Waals surface area contributed by atoms with Gasteiger partial charge < -0.3 is 10.2 Å². The summed E-state index contributed by atoms with van der Waals surface area (Å²) in [6.07, 6.45) is 4.32. The zero-order chi connectivity index (χ0) is 11.5. The Bertz CT molecular complexity index is 349. The largest absolute Gasteiger partial charge is 0.315 e. The van der Waals surface area contributed by atoms with E-state index in [0.29, 0.717) is 12.0 Å². The van der Waals surface area contributed by atoms with Crippen LogP contribution in [0.3, 0.4) is 0 Å². The molecule has 0 spiro atoms. The SMILES string of the molecule is CNC(CN(C)C)C1CCc2cccnc21. The number of aryl methyl sites for hydroxylation is 1. The molecule has 0 bridgehead atoms. The molecule has 1 aliphatic carbocycles. The summed E-state index contributed by atoms with van der Waals surface area (Å²) >= 11 is 0. The van der Waals surface area contributed by atoms with Crippen molar-refractivity contribution in [3.63, 3.8) is 0 Å². The molecule has 0 saturated heterocycles. The molecule has 0 saturated carbocycles. The lowest BCUT2D eigenvalue weighted by molar-refractivity contribution is 0.314. The predicted molar refractivity (Wildman–Crippen MR) is 66.7 cm³/mol. The molecular formula is C13H21N3. The Kier molecular flexibility index (Phi) is 3.56. The van der Waals surface area contributed by atoms with Gasteiger partial charge in [-0.05, 0) is 45.6 Å². The summed E-state index contributed by atoms with van der Waals surface area (Å²) in [7, 11) is 6.30. The molecule has 0 fully saturated rings. The molecule has 3 heteroatoms. The number of aromatic nitrogens is 1. The van der Waals surface area contributed by atoms with E-state index in [1.165, 1.54) is 24.1 Å². The Morgan fingerprint density at radius 1 is 1.56 bits per heavy atom. The molecular weight excluding hydrogens is 198 g/mol. The van der Waals surface area contributed by atoms with Crippen LogP contribution in [0.1, 0.15) is 23.6 Å². The fraction of sp³-hybridized carbons (Fsp3) is 0.615. The average Bonchev–Trinajstić information content (AvgIpc) is 2.69. The topological polar surface area (TPSA) is 28.2 Å². The summed E-state index contributed by atoms with van der Waals surface area (Å²) in [6, 6.07) is 4.76. The highest BCUT2D eigenvalue weighted by Gasteiger charge is 2.30. The fourth-order valence-corrected chi connectivity index (χ4v) is 2.65. The minimum atomic E-state index is 0.506. The zero-order valence-electron chi connectivity index (χ0n) is 10.4. The Morgan fingerprint density at radius 3 is 3.06 bits per heavy atom. The summed E-state index contributed by atoms with van der Waals surface area (Å²) in [4.78, 5) is 6.80. The van der Waals surface area contributed by atoms with Crippen LogP contribution in [-0.4, -0.2) is 43.6 Å². The first-order valence-corrected chi connectivity index (χ1v) is 5.98. The standard InChI is InChI=1S/C13H21N3/c1-14-12(9-16(2)3)11-7-6-10-5-4-8-15-13(10)11/h4-5,8,11-12,14H,6-7,9H2,1-3H3. The highest BCUT2D eigenvalue weighted by molar-refractivity contribution is 5.30. The molecule has 1 aromatic heterocycles. The normalized spacial score (nSPS) is 21.1. The fourth-order valence-electron chi connectivity index (χ4n) is 2.65. The van der Waals surface area contributed by atoms with Crippen molar-refractivity contribution in [2.45, 2.75) is 24.8 Å². The average molecular weight is 219 g/mol. The number of fused-ring (bicyclic) bond motifs is 1. The van der Waals surface area contributed by atoms with Crippen LogP contribution in [0.5, 0.6) is 0 Å². The van der Waals surface area contributed by atoms with Gasteiger partial charge in [0.05, 0.1) is 0 Å². The molecule has 0 amide bonds. The van der Waals surface area contributed by atoms with E-state index in [1.54, 1.807) is 0 Å². The van der Waals surface area contributed by atoms with Crippen LogP contribution < -0.4 is 5.32 Å². The molecule has 0 radical (unpaired) electrons. The van der Waals surface area contributed by atoms with Gasteiger partial charge in [-0.3, -0.25) is 4.98 Å². The highest BCUT2D eigenvalue weighted by atomic mass is 15.1. The van der Waals surface area contributed by atoms with E-state index < -0.39 is 0 Å². The molecule has 3 nitrogen and oxygen atoms in total. The van der Waals surface area contributed by atoms with Crippen LogP contribution in [0.2, 0.25) is 0 Å². The van der Waals surface area contributed by atoms with Crippen LogP contribution in [0, 0.1) is 0 Å². The Hall–Kier alpha value is -0.930. The maximum absolute atomic E-state index is 4.56. The number of nitrogens with zero attached hydrogens (tertiary/aromatic N) is 2. The van der Waals surface area contributed by atoms with Gasteiger partial charge in [0.15, 0.2) is 0 Å². The summed E-state index contributed by atoms with van der Waals surface area (Å²) < 4.78 is 0. The Morgan fingerprint density at radius 2 is 2.38 bits per heavy atom. The number of rotatable bonds is 4. The smallest absolute Gasteiger partial charge is 0.0482 e. The van der Waals surface area contributed by atoms with Gasteiger partial charge in [0.1, 0.15) is 0 Å². The van der Waals surface area contributed by atoms with Crippen molar-refractivity contribution in [3.8, 4) is 0 Å². The van der Waals surface area contributed by atoms with Crippen molar-refractivity contribution in [1.82, 2.24) is 15.2 Å². The lowest BCUT2D eigenvalue weighted by atomic mass is 9.96. The summed E-state index contributed by atoms with van der Waals surface area (Å²) in [5, 5.41) is 3.43. The van der Waals surface area contributed by atoms with Crippen LogP contribution in [0.25, 0.3) is 0 Å². The van der Waals surface area contributed by atoms with Crippen LogP contribution in [0.15, 0.2) is 18.3 Å². The molecule has 1 aromatic rings. The first-order chi connectivity index (χ1) is 7.72. The van der Waals surface area contributed by atoms with Crippen molar-refractivity contribution in [2.75, 3.05) is 27.7 Å². The second kappa shape index (κ2) is 4.93. The Labute approximate surface area is 97.9 Å². The molecule has 2 rings (SSSR count). The monoisotopic (exact) mass is 219 g/mol. The number of pyridine rings is 1. The van der Waals surface area contributed by atoms with Gasteiger partial charge in [0.25, 0.3) is 0 Å². The number of hydrogen-bond acceptors (Lipinski definition) is 3. The first kappa shape index (κ1) is 11.6. The molecule has 1 heterocycles. The molecule has 1 N–H and O–H groups in total. The second-order valence-electron chi connectivity index (χ2n) is 4.85. The second-order valence-corrected chi connectivity index (χ2v) is 4.85. The minimum absolute atomic E-state index is 0.506. The highest BCUT2D eigenvalue weighted by Crippen LogP contribution is 2.33. The minimum Gasteiger partial charge on any atom is -0.315 e. The van der Waals surface area contributed by atoms with E-state index in [0.717, 1.165) is 6.54 Å². The van der Waals surface area contributed by atoms with E-state index in [9.17, 15) is 0 Å². The quantitative estimate of drug-likeness (QED) is 0.826. The van der Waals surface area contributed by atoms with Gasteiger partial charge in [-0.1, -0.05) is 6.07 Å². The van der Waals surface area contributed by atoms with E-state index in [4.69, 9.17) is 0 Å². The van der Waals surface area contributed by atoms with Crippen LogP contribution >= 0.6 is 0 Å². The van der Waals surface area contributed by atoms with E-state index in [-0.39, 0.29) is 0 Å². The Balaban J connectivity index is 2.16. The summed E-state index contributed by atoms with van der Waals surface area (Å²) in [5.41, 5.74) is 2.75. The maximum Gasteiger partial charge on any atom is 0.0482 e. The van der Waals surface area contributed by atoms with Gasteiger partial charge in [-0.2, -0.15) is 0 Å². The van der Waals surface area contributed by atoms with Crippen molar-refractivity contribution in [1.29, 1.82) is 0 Å². The van der Waals surface area contributed by atoms with Gasteiger partial charge in [0, 0.05) is 30.4 Å². The third kappa shape index (κ3) is 2.25. The van der Waals surface area contributed by atoms with Gasteiger partial charge in [0.2, 0.25) is 0 Å². The maximum atomic E-state index is 4.56. The molecule has 2 atom stereocenters. The summed E-state index contributed by atoms with van der Waals surface area (Å²) in [5.74, 6) is 0.573. The van der Waals surface area contributed by atoms with E-state index in [2.05, 4.69) is 42.4 Å². The lowest BCUT2D eigenvalue weighted by Gasteiger charge is -2.26. The number of hydrogen-bond donors (Lipinski definition) is 1. The van der Waals surface area contributed by atoms with Gasteiger partial charge in [-0.15, -0.1) is 0 Å². The predicted octanol–water partition coefficient (Wildman–Crippen LogP) is 1.26. The first-order valence-electron chi connectivity index (χ1n) is 5.98. The summed E-state index contributed by atoms with van der Waals surface area (Å²) in [6.45, 7) is 1.07. The van der Waals surface area contributed by atoms with Crippen molar-refractivity contribution >= 4 is 0 Å². The molecule has 88 valence electrons. The van der Waals surface area contributed by atoms with Crippen molar-refractivity contribution in [2.24, 2.45) is 0 Å². The molecule has 16 heavy (non-hydrogen) atoms. The third-order valence-electron chi connectivity index (χ3n) is 3.42. The van der Waals surface area contributed by atoms with Crippen molar-refractivity contribution in [3.05, 3.63) is 29.6 Å². The van der Waals surface area contributed by atoms with Gasteiger partial charge in [-0.25, -0.2) is 0 Å². The number of nitrogens with one attached hydrogen (secondary N) is 1. The van der Waals surface area contributed by atoms with E-state index >= 15 is 0 Å².